The number of hydrogen-bond donors (Lipinski definition) is 2. The number of nitrogens with one attached hydrogen (secondary N) is 2. The van der Waals surface area contributed by atoms with Crippen molar-refractivity contribution >= 4 is 17.5 Å². The van der Waals surface area contributed by atoms with Gasteiger partial charge < -0.3 is 20.1 Å². The molecule has 168 valence electrons. The molecule has 2 aromatic carbocycles. The van der Waals surface area contributed by atoms with Gasteiger partial charge >= 0.3 is 0 Å². The van der Waals surface area contributed by atoms with Gasteiger partial charge in [-0.1, -0.05) is 26.0 Å². The number of carbonyl (C=O) groups excluding carboxylic acids is 2. The van der Waals surface area contributed by atoms with Gasteiger partial charge in [0, 0.05) is 19.2 Å². The predicted octanol–water partition coefficient (Wildman–Crippen LogP) is 3.65. The SMILES string of the molecule is COc1ccc(OCc2ccc(C(=O)Nc3cnn(C)c3C(=O)NCC(C)C)cc2)cc1. The van der Waals surface area contributed by atoms with Crippen LogP contribution in [-0.4, -0.2) is 35.2 Å². The Balaban J connectivity index is 1.61. The Kier molecular flexibility index (Phi) is 7.49. The minimum absolute atomic E-state index is 0.278. The van der Waals surface area contributed by atoms with Crippen molar-refractivity contribution in [3.05, 3.63) is 71.5 Å². The number of amides is 2. The van der Waals surface area contributed by atoms with E-state index in [0.717, 1.165) is 17.1 Å². The van der Waals surface area contributed by atoms with Crippen molar-refractivity contribution in [2.24, 2.45) is 13.0 Å². The summed E-state index contributed by atoms with van der Waals surface area (Å²) in [4.78, 5) is 25.2. The van der Waals surface area contributed by atoms with Gasteiger partial charge in [-0.15, -0.1) is 0 Å². The van der Waals surface area contributed by atoms with Crippen molar-refractivity contribution in [2.45, 2.75) is 20.5 Å². The van der Waals surface area contributed by atoms with E-state index in [2.05, 4.69) is 15.7 Å². The molecule has 3 aromatic rings. The predicted molar refractivity (Wildman–Crippen MR) is 122 cm³/mol. The zero-order chi connectivity index (χ0) is 23.1. The maximum absolute atomic E-state index is 12.7. The lowest BCUT2D eigenvalue weighted by molar-refractivity contribution is 0.0940. The van der Waals surface area contributed by atoms with Crippen molar-refractivity contribution < 1.29 is 19.1 Å². The van der Waals surface area contributed by atoms with Gasteiger partial charge in [0.25, 0.3) is 11.8 Å². The lowest BCUT2D eigenvalue weighted by atomic mass is 10.1. The minimum Gasteiger partial charge on any atom is -0.497 e. The number of nitrogens with zero attached hydrogens (tertiary/aromatic N) is 2. The molecular formula is C24H28N4O4. The van der Waals surface area contributed by atoms with Gasteiger partial charge in [0.15, 0.2) is 0 Å². The second kappa shape index (κ2) is 10.5. The first-order valence-electron chi connectivity index (χ1n) is 10.3. The van der Waals surface area contributed by atoms with Gasteiger partial charge in [0.05, 0.1) is 19.0 Å². The molecule has 1 heterocycles. The normalized spacial score (nSPS) is 10.7. The van der Waals surface area contributed by atoms with Crippen LogP contribution in [0.15, 0.2) is 54.7 Å². The number of hydrogen-bond acceptors (Lipinski definition) is 5. The number of benzene rings is 2. The molecule has 32 heavy (non-hydrogen) atoms. The quantitative estimate of drug-likeness (QED) is 0.534. The van der Waals surface area contributed by atoms with Crippen LogP contribution in [0.5, 0.6) is 11.5 Å². The molecule has 1 aromatic heterocycles. The molecule has 0 saturated carbocycles. The zero-order valence-corrected chi connectivity index (χ0v) is 18.7. The maximum Gasteiger partial charge on any atom is 0.271 e. The summed E-state index contributed by atoms with van der Waals surface area (Å²) in [5.41, 5.74) is 2.07. The Morgan fingerprint density at radius 2 is 1.66 bits per heavy atom. The van der Waals surface area contributed by atoms with E-state index in [1.165, 1.54) is 10.9 Å². The molecule has 0 spiro atoms. The summed E-state index contributed by atoms with van der Waals surface area (Å²) < 4.78 is 12.3. The van der Waals surface area contributed by atoms with Crippen molar-refractivity contribution in [2.75, 3.05) is 19.0 Å². The van der Waals surface area contributed by atoms with Crippen LogP contribution in [0.4, 0.5) is 5.69 Å². The fourth-order valence-electron chi connectivity index (χ4n) is 2.96. The molecule has 8 nitrogen and oxygen atoms in total. The van der Waals surface area contributed by atoms with E-state index in [4.69, 9.17) is 9.47 Å². The van der Waals surface area contributed by atoms with E-state index >= 15 is 0 Å². The van der Waals surface area contributed by atoms with Gasteiger partial charge in [-0.25, -0.2) is 0 Å². The molecular weight excluding hydrogens is 408 g/mol. The molecule has 0 fully saturated rings. The third-order valence-electron chi connectivity index (χ3n) is 4.75. The molecule has 0 saturated heterocycles. The molecule has 3 rings (SSSR count). The first kappa shape index (κ1) is 22.9. The summed E-state index contributed by atoms with van der Waals surface area (Å²) in [5, 5.41) is 9.73. The highest BCUT2D eigenvalue weighted by Gasteiger charge is 2.19. The average Bonchev–Trinajstić information content (AvgIpc) is 3.16. The second-order valence-electron chi connectivity index (χ2n) is 7.75. The summed E-state index contributed by atoms with van der Waals surface area (Å²) in [6.45, 7) is 4.93. The van der Waals surface area contributed by atoms with Gasteiger partial charge in [0.1, 0.15) is 23.8 Å². The van der Waals surface area contributed by atoms with Gasteiger partial charge in [-0.05, 0) is 47.9 Å². The van der Waals surface area contributed by atoms with Crippen molar-refractivity contribution in [1.29, 1.82) is 0 Å². The lowest BCUT2D eigenvalue weighted by Gasteiger charge is -2.11. The van der Waals surface area contributed by atoms with Crippen LogP contribution in [0.3, 0.4) is 0 Å². The second-order valence-corrected chi connectivity index (χ2v) is 7.75. The third-order valence-corrected chi connectivity index (χ3v) is 4.75. The highest BCUT2D eigenvalue weighted by molar-refractivity contribution is 6.08. The number of carbonyl (C=O) groups is 2. The van der Waals surface area contributed by atoms with E-state index in [1.807, 2.05) is 50.2 Å². The van der Waals surface area contributed by atoms with Crippen LogP contribution in [-0.2, 0) is 13.7 Å². The Morgan fingerprint density at radius 1 is 1.00 bits per heavy atom. The van der Waals surface area contributed by atoms with Crippen molar-refractivity contribution in [3.63, 3.8) is 0 Å². The van der Waals surface area contributed by atoms with Gasteiger partial charge in [-0.2, -0.15) is 5.10 Å². The van der Waals surface area contributed by atoms with Gasteiger partial charge in [-0.3, -0.25) is 14.3 Å². The van der Waals surface area contributed by atoms with Crippen LogP contribution < -0.4 is 20.1 Å². The first-order valence-corrected chi connectivity index (χ1v) is 10.3. The Morgan fingerprint density at radius 3 is 2.28 bits per heavy atom. The summed E-state index contributed by atoms with van der Waals surface area (Å²) in [5.74, 6) is 1.21. The average molecular weight is 437 g/mol. The maximum atomic E-state index is 12.7. The molecule has 0 aliphatic rings. The number of aromatic nitrogens is 2. The van der Waals surface area contributed by atoms with Crippen molar-refractivity contribution in [1.82, 2.24) is 15.1 Å². The van der Waals surface area contributed by atoms with E-state index in [9.17, 15) is 9.59 Å². The van der Waals surface area contributed by atoms with E-state index in [-0.39, 0.29) is 11.8 Å². The summed E-state index contributed by atoms with van der Waals surface area (Å²) in [6.07, 6.45) is 1.47. The van der Waals surface area contributed by atoms with Gasteiger partial charge in [0.2, 0.25) is 0 Å². The van der Waals surface area contributed by atoms with E-state index < -0.39 is 0 Å². The van der Waals surface area contributed by atoms with Crippen LogP contribution in [0.1, 0.15) is 40.3 Å². The highest BCUT2D eigenvalue weighted by atomic mass is 16.5. The molecule has 0 bridgehead atoms. The smallest absolute Gasteiger partial charge is 0.271 e. The van der Waals surface area contributed by atoms with Crippen LogP contribution in [0.2, 0.25) is 0 Å². The number of methoxy groups -OCH3 is 1. The minimum atomic E-state index is -0.321. The zero-order valence-electron chi connectivity index (χ0n) is 18.7. The molecule has 0 unspecified atom stereocenters. The number of rotatable bonds is 9. The van der Waals surface area contributed by atoms with Crippen LogP contribution in [0, 0.1) is 5.92 Å². The number of anilines is 1. The summed E-state index contributed by atoms with van der Waals surface area (Å²) in [7, 11) is 3.28. The van der Waals surface area contributed by atoms with Crippen molar-refractivity contribution in [3.8, 4) is 11.5 Å². The molecule has 0 aliphatic carbocycles. The molecule has 0 radical (unpaired) electrons. The Bertz CT molecular complexity index is 1060. The standard InChI is InChI=1S/C24H28N4O4/c1-16(2)13-25-24(30)22-21(14-26-28(22)3)27-23(29)18-7-5-17(6-8-18)15-32-20-11-9-19(31-4)10-12-20/h5-12,14,16H,13,15H2,1-4H3,(H,25,30)(H,27,29). The monoisotopic (exact) mass is 436 g/mol. The largest absolute Gasteiger partial charge is 0.497 e. The topological polar surface area (TPSA) is 94.5 Å². The summed E-state index contributed by atoms with van der Waals surface area (Å²) in [6, 6.07) is 14.4. The van der Waals surface area contributed by atoms with Crippen LogP contribution in [0.25, 0.3) is 0 Å². The third kappa shape index (κ3) is 5.87. The van der Waals surface area contributed by atoms with Crippen LogP contribution >= 0.6 is 0 Å². The van der Waals surface area contributed by atoms with E-state index in [0.29, 0.717) is 36.0 Å². The highest BCUT2D eigenvalue weighted by Crippen LogP contribution is 2.19. The molecule has 0 atom stereocenters. The molecule has 0 aliphatic heterocycles. The Labute approximate surface area is 187 Å². The molecule has 8 heteroatoms. The number of ether oxygens (including phenoxy) is 2. The lowest BCUT2D eigenvalue weighted by Crippen LogP contribution is -2.30. The number of aryl methyl sites for hydroxylation is 1. The summed E-state index contributed by atoms with van der Waals surface area (Å²) >= 11 is 0. The molecule has 2 N–H and O–H groups in total. The Hall–Kier alpha value is -3.81. The fraction of sp³-hybridized carbons (Fsp3) is 0.292. The first-order chi connectivity index (χ1) is 15.4. The van der Waals surface area contributed by atoms with E-state index in [1.54, 1.807) is 26.3 Å². The fourth-order valence-corrected chi connectivity index (χ4v) is 2.96. The molecule has 2 amide bonds.